The predicted octanol–water partition coefficient (Wildman–Crippen LogP) is 5.50. The molecule has 1 aromatic heterocycles. The standard InChI is InChI=1S/C23H26ClFN2O2/c1-27(12-2-3-16-4-8-18(25)14-20(16)24)19-9-5-15(6-10-19)17-7-11-21-22(13-17)29-23(28)26-21/h4,7-8,11,13-15,19H,2-3,5-6,9-10,12H2,1H3,(H,26,28)/t15-,19-. The summed E-state index contributed by atoms with van der Waals surface area (Å²) in [5, 5.41) is 0.517. The van der Waals surface area contributed by atoms with Gasteiger partial charge in [-0.2, -0.15) is 0 Å². The second kappa shape index (κ2) is 8.72. The van der Waals surface area contributed by atoms with E-state index in [1.54, 1.807) is 6.07 Å². The average Bonchev–Trinajstić information content (AvgIpc) is 3.09. The van der Waals surface area contributed by atoms with Crippen molar-refractivity contribution in [2.75, 3.05) is 13.6 Å². The summed E-state index contributed by atoms with van der Waals surface area (Å²) in [6.45, 7) is 1.00. The summed E-state index contributed by atoms with van der Waals surface area (Å²) in [5.41, 5.74) is 3.67. The van der Waals surface area contributed by atoms with Gasteiger partial charge in [0, 0.05) is 11.1 Å². The van der Waals surface area contributed by atoms with Crippen molar-refractivity contribution in [1.29, 1.82) is 0 Å². The van der Waals surface area contributed by atoms with Crippen LogP contribution in [-0.4, -0.2) is 29.5 Å². The number of nitrogens with one attached hydrogen (secondary N) is 1. The summed E-state index contributed by atoms with van der Waals surface area (Å²) < 4.78 is 18.4. The molecular weight excluding hydrogens is 391 g/mol. The molecule has 1 aliphatic rings. The Bertz CT molecular complexity index is 1040. The van der Waals surface area contributed by atoms with Gasteiger partial charge in [0.05, 0.1) is 5.52 Å². The molecule has 4 rings (SSSR count). The summed E-state index contributed by atoms with van der Waals surface area (Å²) in [5.74, 6) is -0.169. The highest BCUT2D eigenvalue weighted by Crippen LogP contribution is 2.35. The summed E-state index contributed by atoms with van der Waals surface area (Å²) in [6.07, 6.45) is 6.46. The minimum atomic E-state index is -0.399. The van der Waals surface area contributed by atoms with Crippen LogP contribution in [0.4, 0.5) is 4.39 Å². The van der Waals surface area contributed by atoms with E-state index in [-0.39, 0.29) is 5.82 Å². The van der Waals surface area contributed by atoms with Gasteiger partial charge in [0.2, 0.25) is 0 Å². The lowest BCUT2D eigenvalue weighted by Gasteiger charge is -2.35. The Morgan fingerprint density at radius 2 is 1.97 bits per heavy atom. The first-order chi connectivity index (χ1) is 14.0. The van der Waals surface area contributed by atoms with Crippen LogP contribution in [0.2, 0.25) is 5.02 Å². The van der Waals surface area contributed by atoms with Crippen LogP contribution < -0.4 is 5.76 Å². The van der Waals surface area contributed by atoms with Gasteiger partial charge in [-0.15, -0.1) is 0 Å². The number of H-pyrrole nitrogens is 1. The summed E-state index contributed by atoms with van der Waals surface area (Å²) >= 11 is 6.13. The normalized spacial score (nSPS) is 19.9. The van der Waals surface area contributed by atoms with Crippen LogP contribution in [0.25, 0.3) is 11.1 Å². The SMILES string of the molecule is CN(CCCc1ccc(F)cc1Cl)[C@H]1CC[C@H](c2ccc3[nH]c(=O)oc3c2)CC1. The number of aryl methyl sites for hydroxylation is 1. The Balaban J connectivity index is 1.27. The third kappa shape index (κ3) is 4.73. The van der Waals surface area contributed by atoms with Crippen molar-refractivity contribution in [2.24, 2.45) is 0 Å². The van der Waals surface area contributed by atoms with E-state index in [1.165, 1.54) is 17.7 Å². The minimum Gasteiger partial charge on any atom is -0.408 e. The van der Waals surface area contributed by atoms with E-state index in [0.717, 1.165) is 56.1 Å². The molecule has 3 aromatic rings. The second-order valence-corrected chi connectivity index (χ2v) is 8.50. The molecule has 0 amide bonds. The molecule has 0 spiro atoms. The minimum absolute atomic E-state index is 0.287. The lowest BCUT2D eigenvalue weighted by molar-refractivity contribution is 0.181. The van der Waals surface area contributed by atoms with E-state index in [1.807, 2.05) is 12.1 Å². The number of aromatic amines is 1. The molecule has 0 aliphatic heterocycles. The van der Waals surface area contributed by atoms with Crippen molar-refractivity contribution in [3.05, 3.63) is 68.9 Å². The second-order valence-electron chi connectivity index (χ2n) is 8.10. The summed E-state index contributed by atoms with van der Waals surface area (Å²) in [7, 11) is 2.19. The number of benzene rings is 2. The van der Waals surface area contributed by atoms with Crippen LogP contribution in [0.15, 0.2) is 45.6 Å². The zero-order valence-corrected chi connectivity index (χ0v) is 17.3. The summed E-state index contributed by atoms with van der Waals surface area (Å²) in [4.78, 5) is 16.5. The molecule has 2 aromatic carbocycles. The highest BCUT2D eigenvalue weighted by Gasteiger charge is 2.25. The number of fused-ring (bicyclic) bond motifs is 1. The molecule has 0 atom stereocenters. The molecule has 4 nitrogen and oxygen atoms in total. The summed E-state index contributed by atoms with van der Waals surface area (Å²) in [6, 6.07) is 11.3. The third-order valence-electron chi connectivity index (χ3n) is 6.21. The van der Waals surface area contributed by atoms with Crippen molar-refractivity contribution >= 4 is 22.7 Å². The van der Waals surface area contributed by atoms with E-state index in [2.05, 4.69) is 23.0 Å². The monoisotopic (exact) mass is 416 g/mol. The van der Waals surface area contributed by atoms with Crippen LogP contribution in [0.5, 0.6) is 0 Å². The zero-order valence-electron chi connectivity index (χ0n) is 16.6. The maximum atomic E-state index is 13.2. The molecule has 29 heavy (non-hydrogen) atoms. The molecule has 1 saturated carbocycles. The predicted molar refractivity (Wildman–Crippen MR) is 114 cm³/mol. The van der Waals surface area contributed by atoms with E-state index in [4.69, 9.17) is 16.0 Å². The first kappa shape index (κ1) is 20.2. The topological polar surface area (TPSA) is 49.2 Å². The van der Waals surface area contributed by atoms with Crippen LogP contribution in [0.1, 0.15) is 49.1 Å². The van der Waals surface area contributed by atoms with Gasteiger partial charge in [0.1, 0.15) is 5.82 Å². The number of rotatable bonds is 6. The highest BCUT2D eigenvalue weighted by atomic mass is 35.5. The van der Waals surface area contributed by atoms with Gasteiger partial charge in [-0.1, -0.05) is 23.7 Å². The van der Waals surface area contributed by atoms with Crippen LogP contribution in [0, 0.1) is 5.82 Å². The largest absolute Gasteiger partial charge is 0.417 e. The van der Waals surface area contributed by atoms with Gasteiger partial charge in [0.15, 0.2) is 5.58 Å². The first-order valence-electron chi connectivity index (χ1n) is 10.3. The molecule has 0 saturated heterocycles. The van der Waals surface area contributed by atoms with E-state index >= 15 is 0 Å². The Morgan fingerprint density at radius 1 is 1.17 bits per heavy atom. The van der Waals surface area contributed by atoms with Crippen LogP contribution in [0.3, 0.4) is 0 Å². The molecule has 1 heterocycles. The zero-order chi connectivity index (χ0) is 20.4. The first-order valence-corrected chi connectivity index (χ1v) is 10.6. The lowest BCUT2D eigenvalue weighted by Crippen LogP contribution is -2.35. The number of hydrogen-bond acceptors (Lipinski definition) is 3. The number of nitrogens with zero attached hydrogens (tertiary/aromatic N) is 1. The van der Waals surface area contributed by atoms with Gasteiger partial charge in [0.25, 0.3) is 0 Å². The number of oxazole rings is 1. The molecule has 0 unspecified atom stereocenters. The third-order valence-corrected chi connectivity index (χ3v) is 6.56. The van der Waals surface area contributed by atoms with Gasteiger partial charge in [-0.25, -0.2) is 9.18 Å². The van der Waals surface area contributed by atoms with Crippen molar-refractivity contribution in [3.8, 4) is 0 Å². The Hall–Kier alpha value is -2.11. The quantitative estimate of drug-likeness (QED) is 0.576. The smallest absolute Gasteiger partial charge is 0.408 e. The molecule has 6 heteroatoms. The number of hydrogen-bond donors (Lipinski definition) is 1. The number of halogens is 2. The maximum Gasteiger partial charge on any atom is 0.417 e. The fraction of sp³-hybridized carbons (Fsp3) is 0.435. The van der Waals surface area contributed by atoms with E-state index in [0.29, 0.717) is 22.6 Å². The Morgan fingerprint density at radius 3 is 2.72 bits per heavy atom. The van der Waals surface area contributed by atoms with Gasteiger partial charge in [-0.05, 0) is 93.4 Å². The highest BCUT2D eigenvalue weighted by molar-refractivity contribution is 6.31. The Kier molecular flexibility index (Phi) is 6.07. The Labute approximate surface area is 174 Å². The molecule has 1 N–H and O–H groups in total. The van der Waals surface area contributed by atoms with Crippen molar-refractivity contribution in [2.45, 2.75) is 50.5 Å². The average molecular weight is 417 g/mol. The molecule has 154 valence electrons. The van der Waals surface area contributed by atoms with Crippen molar-refractivity contribution < 1.29 is 8.81 Å². The van der Waals surface area contributed by atoms with Crippen molar-refractivity contribution in [1.82, 2.24) is 9.88 Å². The molecule has 1 fully saturated rings. The molecule has 0 radical (unpaired) electrons. The van der Waals surface area contributed by atoms with E-state index in [9.17, 15) is 9.18 Å². The maximum absolute atomic E-state index is 13.2. The number of aromatic nitrogens is 1. The van der Waals surface area contributed by atoms with Gasteiger partial charge < -0.3 is 9.32 Å². The lowest BCUT2D eigenvalue weighted by atomic mass is 9.81. The van der Waals surface area contributed by atoms with Gasteiger partial charge in [-0.3, -0.25) is 4.98 Å². The fourth-order valence-electron chi connectivity index (χ4n) is 4.49. The molecule has 0 bridgehead atoms. The van der Waals surface area contributed by atoms with Crippen molar-refractivity contribution in [3.63, 3.8) is 0 Å². The van der Waals surface area contributed by atoms with Crippen LogP contribution >= 0.6 is 11.6 Å². The van der Waals surface area contributed by atoms with Crippen LogP contribution in [-0.2, 0) is 6.42 Å². The fourth-order valence-corrected chi connectivity index (χ4v) is 4.75. The van der Waals surface area contributed by atoms with E-state index < -0.39 is 5.76 Å². The molecule has 1 aliphatic carbocycles. The van der Waals surface area contributed by atoms with Gasteiger partial charge >= 0.3 is 5.76 Å². The molecular formula is C23H26ClFN2O2.